The monoisotopic (exact) mass is 627 g/mol. The van der Waals surface area contributed by atoms with Gasteiger partial charge in [-0.05, 0) is 41.8 Å². The molecule has 222 valence electrons. The van der Waals surface area contributed by atoms with Gasteiger partial charge in [0.2, 0.25) is 5.91 Å². The van der Waals surface area contributed by atoms with Gasteiger partial charge in [-0.1, -0.05) is 48.4 Å². The van der Waals surface area contributed by atoms with E-state index in [-0.39, 0.29) is 39.5 Å². The summed E-state index contributed by atoms with van der Waals surface area (Å²) in [5.74, 6) is -1.40. The lowest BCUT2D eigenvalue weighted by Crippen LogP contribution is -2.36. The first-order chi connectivity index (χ1) is 22.0. The molecule has 0 saturated carbocycles. The van der Waals surface area contributed by atoms with Crippen molar-refractivity contribution in [2.24, 2.45) is 5.92 Å². The summed E-state index contributed by atoms with van der Waals surface area (Å²) in [6, 6.07) is 12.7. The van der Waals surface area contributed by atoms with Crippen LogP contribution in [-0.2, 0) is 10.0 Å². The summed E-state index contributed by atoms with van der Waals surface area (Å²) in [4.78, 5) is 31.4. The molecule has 0 saturated heterocycles. The Morgan fingerprint density at radius 1 is 1.15 bits per heavy atom. The first-order valence-electron chi connectivity index (χ1n) is 14.2. The van der Waals surface area contributed by atoms with E-state index in [2.05, 4.69) is 25.7 Å². The van der Waals surface area contributed by atoms with Crippen molar-refractivity contribution in [2.75, 3.05) is 5.32 Å². The molecule has 1 amide bonds. The molecule has 46 heavy (non-hydrogen) atoms. The van der Waals surface area contributed by atoms with Crippen LogP contribution in [0.3, 0.4) is 0 Å². The van der Waals surface area contributed by atoms with Crippen LogP contribution < -0.4 is 10.9 Å². The van der Waals surface area contributed by atoms with Gasteiger partial charge in [-0.25, -0.2) is 14.1 Å². The van der Waals surface area contributed by atoms with Gasteiger partial charge < -0.3 is 5.32 Å². The maximum Gasteiger partial charge on any atom is 0.254 e. The summed E-state index contributed by atoms with van der Waals surface area (Å²) in [6.07, 6.45) is 5.73. The van der Waals surface area contributed by atoms with E-state index < -0.39 is 22.7 Å². The topological polar surface area (TPSA) is 136 Å². The fourth-order valence-electron chi connectivity index (χ4n) is 5.56. The molecule has 4 heterocycles. The Labute approximate surface area is 271 Å². The van der Waals surface area contributed by atoms with Crippen LogP contribution in [-0.4, -0.2) is 63.8 Å². The Bertz CT molecular complexity index is 2080. The minimum absolute atomic E-state index is 0.0103. The second-order valence-electron chi connectivity index (χ2n) is 11.1. The predicted molar refractivity (Wildman–Crippen MR) is 171 cm³/mol. The summed E-state index contributed by atoms with van der Waals surface area (Å²) < 4.78 is 19.4. The van der Waals surface area contributed by atoms with Crippen LogP contribution in [0, 0.1) is 23.1 Å². The Kier molecular flexibility index (Phi) is 8.16. The van der Waals surface area contributed by atoms with Crippen LogP contribution in [0.15, 0.2) is 66.0 Å². The number of hydrogen-bond acceptors (Lipinski definition) is 7. The number of benzene rings is 2. The smallest absolute Gasteiger partial charge is 0.254 e. The molecule has 3 aromatic heterocycles. The molecule has 0 unspecified atom stereocenters. The zero-order valence-corrected chi connectivity index (χ0v) is 25.2. The van der Waals surface area contributed by atoms with Crippen molar-refractivity contribution in [2.45, 2.75) is 37.5 Å². The standard InChI is InChI=1S/C30H22B3ClFN9O2/c1-16-4-2-7-23(17-5-3-6-18(10-17)28-22(39-29(16)46)13-38-44(28)30(31,32)33)42-15-37-21(11-25(42)45)26-24(9-8-20(34)27(26)35)43-14-19(12-36)40-41-43/h3,5-6,8-11,13-16,23H,2,4,7H2,1H3,(H,39,46)/t16-,23+/m1/s1. The van der Waals surface area contributed by atoms with Gasteiger partial charge >= 0.3 is 0 Å². The minimum Gasteiger partial charge on any atom is -0.323 e. The molecule has 0 spiro atoms. The zero-order chi connectivity index (χ0) is 32.7. The summed E-state index contributed by atoms with van der Waals surface area (Å²) in [6.45, 7) is 1.81. The van der Waals surface area contributed by atoms with Crippen molar-refractivity contribution in [3.63, 3.8) is 0 Å². The normalized spacial score (nSPS) is 16.9. The maximum absolute atomic E-state index is 15.5. The molecular weight excluding hydrogens is 605 g/mol. The van der Waals surface area contributed by atoms with Crippen molar-refractivity contribution >= 4 is 46.7 Å². The van der Waals surface area contributed by atoms with E-state index in [4.69, 9.17) is 35.1 Å². The van der Waals surface area contributed by atoms with Crippen LogP contribution in [0.1, 0.15) is 43.5 Å². The molecule has 0 fully saturated rings. The van der Waals surface area contributed by atoms with Crippen LogP contribution >= 0.6 is 11.6 Å². The van der Waals surface area contributed by atoms with Gasteiger partial charge in [-0.3, -0.25) is 18.8 Å². The number of rotatable bonds is 4. The largest absolute Gasteiger partial charge is 0.323 e. The molecular formula is C30H22B3ClFN9O2. The van der Waals surface area contributed by atoms with Gasteiger partial charge in [0.1, 0.15) is 6.07 Å². The number of halogens is 2. The number of carbonyl (C=O) groups is 1. The molecule has 2 aromatic carbocycles. The Balaban J connectivity index is 1.47. The third-order valence-corrected chi connectivity index (χ3v) is 8.15. The molecule has 16 heteroatoms. The van der Waals surface area contributed by atoms with Gasteiger partial charge in [0.25, 0.3) is 5.56 Å². The summed E-state index contributed by atoms with van der Waals surface area (Å²) in [7, 11) is 18.0. The lowest BCUT2D eigenvalue weighted by atomic mass is 9.49. The van der Waals surface area contributed by atoms with Crippen molar-refractivity contribution in [1.82, 2.24) is 34.3 Å². The molecule has 6 radical (unpaired) electrons. The summed E-state index contributed by atoms with van der Waals surface area (Å²) in [5.41, 5.74) is 1.81. The number of nitrogens with one attached hydrogen (secondary N) is 1. The highest BCUT2D eigenvalue weighted by Crippen LogP contribution is 2.36. The van der Waals surface area contributed by atoms with Crippen molar-refractivity contribution in [3.05, 3.63) is 93.6 Å². The van der Waals surface area contributed by atoms with E-state index in [0.717, 1.165) is 5.56 Å². The highest BCUT2D eigenvalue weighted by atomic mass is 35.5. The van der Waals surface area contributed by atoms with Crippen LogP contribution in [0.2, 0.25) is 5.02 Å². The number of aromatic nitrogens is 7. The first kappa shape index (κ1) is 31.0. The predicted octanol–water partition coefficient (Wildman–Crippen LogP) is 3.44. The number of nitrogens with zero attached hydrogens (tertiary/aromatic N) is 8. The average Bonchev–Trinajstić information content (AvgIpc) is 3.68. The summed E-state index contributed by atoms with van der Waals surface area (Å²) in [5, 5.41) is 21.9. The Morgan fingerprint density at radius 3 is 2.67 bits per heavy atom. The van der Waals surface area contributed by atoms with Gasteiger partial charge in [0, 0.05) is 17.5 Å². The van der Waals surface area contributed by atoms with E-state index in [1.165, 1.54) is 50.9 Å². The Hall–Kier alpha value is -4.96. The van der Waals surface area contributed by atoms with Gasteiger partial charge in [0.15, 0.2) is 11.5 Å². The molecule has 5 aromatic rings. The zero-order valence-electron chi connectivity index (χ0n) is 24.4. The molecule has 2 atom stereocenters. The first-order valence-corrected chi connectivity index (χ1v) is 14.6. The van der Waals surface area contributed by atoms with Gasteiger partial charge in [-0.2, -0.15) is 10.4 Å². The number of amides is 1. The highest BCUT2D eigenvalue weighted by Gasteiger charge is 2.27. The number of anilines is 1. The van der Waals surface area contributed by atoms with Crippen LogP contribution in [0.25, 0.3) is 28.2 Å². The lowest BCUT2D eigenvalue weighted by Gasteiger charge is -2.26. The average molecular weight is 627 g/mol. The maximum atomic E-state index is 15.5. The van der Waals surface area contributed by atoms with Crippen LogP contribution in [0.4, 0.5) is 10.1 Å². The minimum atomic E-state index is -1.87. The fourth-order valence-corrected chi connectivity index (χ4v) is 5.72. The molecule has 6 rings (SSSR count). The third kappa shape index (κ3) is 5.76. The van der Waals surface area contributed by atoms with Crippen LogP contribution in [0.5, 0.6) is 0 Å². The third-order valence-electron chi connectivity index (χ3n) is 7.86. The second-order valence-corrected chi connectivity index (χ2v) is 11.5. The van der Waals surface area contributed by atoms with Gasteiger partial charge in [0.05, 0.1) is 81.7 Å². The number of fused-ring (bicyclic) bond motifs is 4. The van der Waals surface area contributed by atoms with Gasteiger partial charge in [-0.15, -0.1) is 5.10 Å². The van der Waals surface area contributed by atoms with E-state index in [0.29, 0.717) is 36.2 Å². The number of nitriles is 1. The van der Waals surface area contributed by atoms with E-state index in [9.17, 15) is 14.9 Å². The van der Waals surface area contributed by atoms with E-state index >= 15 is 4.39 Å². The van der Waals surface area contributed by atoms with Crippen molar-refractivity contribution < 1.29 is 9.18 Å². The quantitative estimate of drug-likeness (QED) is 0.302. The molecule has 2 bridgehead atoms. The molecule has 0 aliphatic carbocycles. The highest BCUT2D eigenvalue weighted by molar-refractivity contribution is 6.56. The van der Waals surface area contributed by atoms with Crippen molar-refractivity contribution in [3.8, 4) is 34.3 Å². The molecule has 1 N–H and O–H groups in total. The summed E-state index contributed by atoms with van der Waals surface area (Å²) >= 11 is 6.12. The Morgan fingerprint density at radius 2 is 1.96 bits per heavy atom. The lowest BCUT2D eigenvalue weighted by molar-refractivity contribution is -0.119. The molecule has 11 nitrogen and oxygen atoms in total. The molecule has 1 aliphatic heterocycles. The second kappa shape index (κ2) is 12.1. The number of carbonyl (C=O) groups excluding carboxylic acids is 1. The van der Waals surface area contributed by atoms with Crippen molar-refractivity contribution in [1.29, 1.82) is 5.26 Å². The van der Waals surface area contributed by atoms with E-state index in [1.54, 1.807) is 12.1 Å². The SMILES string of the molecule is [B]C([B])([B])n1ncc2c1-c1cccc(c1)[C@@H](n1cnc(-c3c(-n4cc(C#N)nn4)ccc(Cl)c3F)cc1=O)CCC[C@@H](C)C(=O)N2. The fraction of sp³-hybridized carbons (Fsp3) is 0.233. The van der Waals surface area contributed by atoms with E-state index in [1.807, 2.05) is 25.1 Å². The molecule has 1 aliphatic rings. The number of hydrogen-bond donors (Lipinski definition) is 1.